The lowest BCUT2D eigenvalue weighted by atomic mass is 10.1. The van der Waals surface area contributed by atoms with Gasteiger partial charge in [-0.2, -0.15) is 15.6 Å². The highest BCUT2D eigenvalue weighted by Gasteiger charge is 2.24. The number of nitro groups is 2. The summed E-state index contributed by atoms with van der Waals surface area (Å²) in [6.45, 7) is 0.676. The average molecular weight is 409 g/mol. The first kappa shape index (κ1) is 21.9. The molecule has 2 rings (SSSR count). The lowest BCUT2D eigenvalue weighted by Crippen LogP contribution is -2.27. The lowest BCUT2D eigenvalue weighted by Gasteiger charge is -2.22. The molecule has 0 atom stereocenters. The fourth-order valence-electron chi connectivity index (χ4n) is 2.55. The highest BCUT2D eigenvalue weighted by molar-refractivity contribution is 5.70. The third-order valence-electron chi connectivity index (χ3n) is 3.95. The Bertz CT molecular complexity index is 1050. The van der Waals surface area contributed by atoms with Crippen molar-refractivity contribution in [2.75, 3.05) is 24.6 Å². The van der Waals surface area contributed by atoms with E-state index in [1.807, 2.05) is 6.07 Å². The van der Waals surface area contributed by atoms with Gasteiger partial charge in [0.1, 0.15) is 6.07 Å². The van der Waals surface area contributed by atoms with Crippen LogP contribution in [0.5, 0.6) is 0 Å². The maximum atomic E-state index is 11.3. The van der Waals surface area contributed by atoms with Crippen molar-refractivity contribution in [3.63, 3.8) is 0 Å². The average Bonchev–Trinajstić information content (AvgIpc) is 2.74. The highest BCUT2D eigenvalue weighted by atomic mass is 16.6. The van der Waals surface area contributed by atoms with Crippen LogP contribution in [-0.2, 0) is 0 Å². The van der Waals surface area contributed by atoms with Gasteiger partial charge in [-0.25, -0.2) is 0 Å². The van der Waals surface area contributed by atoms with E-state index in [2.05, 4.69) is 10.2 Å². The van der Waals surface area contributed by atoms with Crippen LogP contribution in [0.15, 0.2) is 46.6 Å². The molecule has 0 aliphatic carbocycles. The Morgan fingerprint density at radius 1 is 1.03 bits per heavy atom. The van der Waals surface area contributed by atoms with Gasteiger partial charge in [0, 0.05) is 24.8 Å². The van der Waals surface area contributed by atoms with Gasteiger partial charge in [-0.05, 0) is 24.3 Å². The van der Waals surface area contributed by atoms with Crippen molar-refractivity contribution in [2.24, 2.45) is 10.2 Å². The Morgan fingerprint density at radius 3 is 2.27 bits per heavy atom. The van der Waals surface area contributed by atoms with Gasteiger partial charge in [0.2, 0.25) is 0 Å². The molecule has 152 valence electrons. The number of nitriles is 2. The van der Waals surface area contributed by atoms with Crippen LogP contribution in [0.1, 0.15) is 12.0 Å². The summed E-state index contributed by atoms with van der Waals surface area (Å²) >= 11 is 0. The number of hydrogen-bond donors (Lipinski definition) is 1. The summed E-state index contributed by atoms with van der Waals surface area (Å²) in [7, 11) is 0. The number of benzene rings is 2. The summed E-state index contributed by atoms with van der Waals surface area (Å²) in [5, 5.41) is 56.9. The Hall–Kier alpha value is -4.42. The fourth-order valence-corrected chi connectivity index (χ4v) is 2.55. The maximum absolute atomic E-state index is 11.3. The van der Waals surface area contributed by atoms with Crippen molar-refractivity contribution in [1.82, 2.24) is 0 Å². The first-order valence-electron chi connectivity index (χ1n) is 8.52. The summed E-state index contributed by atoms with van der Waals surface area (Å²) in [6, 6.07) is 11.8. The molecule has 0 saturated heterocycles. The molecule has 0 saturated carbocycles. The third-order valence-corrected chi connectivity index (χ3v) is 3.95. The van der Waals surface area contributed by atoms with Crippen LogP contribution < -0.4 is 4.90 Å². The van der Waals surface area contributed by atoms with Gasteiger partial charge < -0.3 is 10.0 Å². The molecule has 0 radical (unpaired) electrons. The van der Waals surface area contributed by atoms with E-state index in [-0.39, 0.29) is 24.3 Å². The van der Waals surface area contributed by atoms with Crippen LogP contribution in [-0.4, -0.2) is 34.6 Å². The molecule has 0 fully saturated rings. The van der Waals surface area contributed by atoms with Crippen LogP contribution in [0.2, 0.25) is 0 Å². The predicted octanol–water partition coefficient (Wildman–Crippen LogP) is 3.50. The summed E-state index contributed by atoms with van der Waals surface area (Å²) < 4.78 is 0. The molecule has 0 amide bonds. The Balaban J connectivity index is 2.35. The third kappa shape index (κ3) is 5.31. The molecule has 1 N–H and O–H groups in total. The Labute approximate surface area is 170 Å². The van der Waals surface area contributed by atoms with Crippen molar-refractivity contribution < 1.29 is 15.0 Å². The normalized spacial score (nSPS) is 10.4. The van der Waals surface area contributed by atoms with E-state index < -0.39 is 21.2 Å². The number of aliphatic hydroxyl groups excluding tert-OH is 1. The first-order chi connectivity index (χ1) is 14.4. The molecule has 12 heteroatoms. The van der Waals surface area contributed by atoms with Gasteiger partial charge in [0.15, 0.2) is 5.69 Å². The molecule has 0 aliphatic rings. The van der Waals surface area contributed by atoms with Crippen LogP contribution in [0.25, 0.3) is 0 Å². The molecular weight excluding hydrogens is 394 g/mol. The second kappa shape index (κ2) is 10.2. The quantitative estimate of drug-likeness (QED) is 0.370. The van der Waals surface area contributed by atoms with Crippen molar-refractivity contribution in [2.45, 2.75) is 6.42 Å². The first-order valence-corrected chi connectivity index (χ1v) is 8.52. The predicted molar refractivity (Wildman–Crippen MR) is 105 cm³/mol. The summed E-state index contributed by atoms with van der Waals surface area (Å²) in [6.07, 6.45) is 0.280. The minimum atomic E-state index is -0.868. The monoisotopic (exact) mass is 409 g/mol. The largest absolute Gasteiger partial charge is 0.395 e. The molecular formula is C18H15N7O5. The van der Waals surface area contributed by atoms with Crippen LogP contribution in [0, 0.1) is 42.9 Å². The van der Waals surface area contributed by atoms with Gasteiger partial charge in [0.05, 0.1) is 46.3 Å². The van der Waals surface area contributed by atoms with Gasteiger partial charge in [-0.1, -0.05) is 0 Å². The van der Waals surface area contributed by atoms with Crippen LogP contribution in [0.4, 0.5) is 28.4 Å². The Kier molecular flexibility index (Phi) is 7.45. The van der Waals surface area contributed by atoms with Crippen LogP contribution in [0.3, 0.4) is 0 Å². The van der Waals surface area contributed by atoms with E-state index in [1.54, 1.807) is 35.2 Å². The second-order valence-electron chi connectivity index (χ2n) is 5.82. The fraction of sp³-hybridized carbons (Fsp3) is 0.222. The van der Waals surface area contributed by atoms with Crippen molar-refractivity contribution in [3.8, 4) is 12.1 Å². The van der Waals surface area contributed by atoms with E-state index >= 15 is 0 Å². The number of azo groups is 1. The number of aliphatic hydroxyl groups is 1. The number of nitro benzene ring substituents is 2. The molecule has 0 spiro atoms. The van der Waals surface area contributed by atoms with Gasteiger partial charge in [-0.3, -0.25) is 20.2 Å². The summed E-state index contributed by atoms with van der Waals surface area (Å²) in [5.41, 5.74) is -0.971. The standard InChI is InChI=1S/C18H15N7O5/c19-6-1-7-23(8-9-26)15-4-2-14(3-5-15)21-22-18-13(12-20)10-16(24(27)28)11-17(18)25(29)30/h2-5,10-11,26H,1,7-9H2. The molecule has 0 aromatic heterocycles. The van der Waals surface area contributed by atoms with Crippen molar-refractivity contribution in [1.29, 1.82) is 10.5 Å². The smallest absolute Gasteiger partial charge is 0.304 e. The van der Waals surface area contributed by atoms with E-state index in [0.717, 1.165) is 17.8 Å². The zero-order valence-electron chi connectivity index (χ0n) is 15.5. The zero-order valence-corrected chi connectivity index (χ0v) is 15.5. The molecule has 0 heterocycles. The number of rotatable bonds is 9. The maximum Gasteiger partial charge on any atom is 0.304 e. The number of nitrogens with zero attached hydrogens (tertiary/aromatic N) is 7. The minimum absolute atomic E-state index is 0.0896. The summed E-state index contributed by atoms with van der Waals surface area (Å²) in [4.78, 5) is 22.3. The van der Waals surface area contributed by atoms with E-state index in [4.69, 9.17) is 10.4 Å². The molecule has 2 aromatic rings. The van der Waals surface area contributed by atoms with Gasteiger partial charge in [0.25, 0.3) is 5.69 Å². The summed E-state index contributed by atoms with van der Waals surface area (Å²) in [5.74, 6) is 0. The number of anilines is 1. The van der Waals surface area contributed by atoms with Gasteiger partial charge in [-0.15, -0.1) is 5.11 Å². The zero-order chi connectivity index (χ0) is 22.1. The van der Waals surface area contributed by atoms with Crippen LogP contribution >= 0.6 is 0 Å². The number of hydrogen-bond acceptors (Lipinski definition) is 10. The molecule has 0 unspecified atom stereocenters. The Morgan fingerprint density at radius 2 is 1.73 bits per heavy atom. The molecule has 12 nitrogen and oxygen atoms in total. The minimum Gasteiger partial charge on any atom is -0.395 e. The van der Waals surface area contributed by atoms with E-state index in [1.165, 1.54) is 0 Å². The topological polar surface area (TPSA) is 182 Å². The SMILES string of the molecule is N#CCCN(CCO)c1ccc(N=Nc2c(C#N)cc([N+](=O)[O-])cc2[N+](=O)[O-])cc1. The highest BCUT2D eigenvalue weighted by Crippen LogP contribution is 2.36. The van der Waals surface area contributed by atoms with E-state index in [9.17, 15) is 25.5 Å². The molecule has 0 bridgehead atoms. The number of non-ortho nitro benzene ring substituents is 1. The second-order valence-corrected chi connectivity index (χ2v) is 5.82. The van der Waals surface area contributed by atoms with Crippen molar-refractivity contribution in [3.05, 3.63) is 62.2 Å². The molecule has 30 heavy (non-hydrogen) atoms. The lowest BCUT2D eigenvalue weighted by molar-refractivity contribution is -0.393. The van der Waals surface area contributed by atoms with Crippen molar-refractivity contribution >= 4 is 28.4 Å². The van der Waals surface area contributed by atoms with E-state index in [0.29, 0.717) is 18.8 Å². The van der Waals surface area contributed by atoms with Gasteiger partial charge >= 0.3 is 5.69 Å². The molecule has 2 aromatic carbocycles. The molecule has 0 aliphatic heterocycles.